The number of benzene rings is 1. The van der Waals surface area contributed by atoms with Crippen LogP contribution in [0.3, 0.4) is 0 Å². The molecule has 6 nitrogen and oxygen atoms in total. The molecule has 0 N–H and O–H groups in total. The minimum absolute atomic E-state index is 0.617. The van der Waals surface area contributed by atoms with Crippen molar-refractivity contribution in [3.63, 3.8) is 0 Å². The van der Waals surface area contributed by atoms with E-state index in [0.717, 1.165) is 39.3 Å². The number of rotatable bonds is 18. The van der Waals surface area contributed by atoms with Crippen molar-refractivity contribution in [3.05, 3.63) is 18.2 Å². The van der Waals surface area contributed by atoms with Crippen molar-refractivity contribution >= 4 is 0 Å². The Balaban J connectivity index is 2.31. The summed E-state index contributed by atoms with van der Waals surface area (Å²) in [5, 5.41) is 0. The Morgan fingerprint density at radius 3 is 1.73 bits per heavy atom. The van der Waals surface area contributed by atoms with Gasteiger partial charge in [-0.25, -0.2) is 0 Å². The lowest BCUT2D eigenvalue weighted by molar-refractivity contribution is 0.110. The van der Waals surface area contributed by atoms with Gasteiger partial charge in [0.25, 0.3) is 0 Å². The van der Waals surface area contributed by atoms with Crippen LogP contribution in [0.1, 0.15) is 39.5 Å². The zero-order valence-electron chi connectivity index (χ0n) is 19.9. The molecule has 0 spiro atoms. The van der Waals surface area contributed by atoms with Crippen molar-refractivity contribution in [2.24, 2.45) is 11.8 Å². The standard InChI is InChI=1S/C24H43NO5/c1-20(12-14-25(15-18-26-3)16-19-27-4)10-11-21(2)13-17-30-24-22(28-5)8-7-9-23(24)29-6/h7-9,20-21H,10-19H2,1-6H3. The molecule has 0 aromatic heterocycles. The Bertz CT molecular complexity index is 524. The fourth-order valence-corrected chi connectivity index (χ4v) is 3.36. The second kappa shape index (κ2) is 16.2. The van der Waals surface area contributed by atoms with Gasteiger partial charge >= 0.3 is 0 Å². The molecule has 0 saturated heterocycles. The van der Waals surface area contributed by atoms with Crippen LogP contribution >= 0.6 is 0 Å². The number of nitrogens with zero attached hydrogens (tertiary/aromatic N) is 1. The molecule has 2 atom stereocenters. The van der Waals surface area contributed by atoms with Gasteiger partial charge in [0.05, 0.1) is 34.0 Å². The van der Waals surface area contributed by atoms with Gasteiger partial charge in [0.15, 0.2) is 11.5 Å². The monoisotopic (exact) mass is 425 g/mol. The topological polar surface area (TPSA) is 49.4 Å². The maximum absolute atomic E-state index is 6.00. The predicted molar refractivity (Wildman–Crippen MR) is 122 cm³/mol. The van der Waals surface area contributed by atoms with Gasteiger partial charge in [0.2, 0.25) is 5.75 Å². The summed E-state index contributed by atoms with van der Waals surface area (Å²) in [5.41, 5.74) is 0. The molecule has 0 aliphatic rings. The van der Waals surface area contributed by atoms with Crippen LogP contribution < -0.4 is 14.2 Å². The van der Waals surface area contributed by atoms with Crippen molar-refractivity contribution in [2.45, 2.75) is 39.5 Å². The van der Waals surface area contributed by atoms with Gasteiger partial charge in [0, 0.05) is 27.3 Å². The highest BCUT2D eigenvalue weighted by Crippen LogP contribution is 2.37. The van der Waals surface area contributed by atoms with Crippen LogP contribution in [0.25, 0.3) is 0 Å². The first-order valence-electron chi connectivity index (χ1n) is 11.1. The average Bonchev–Trinajstić information content (AvgIpc) is 2.77. The highest BCUT2D eigenvalue weighted by atomic mass is 16.5. The molecule has 6 heteroatoms. The lowest BCUT2D eigenvalue weighted by Crippen LogP contribution is -2.32. The lowest BCUT2D eigenvalue weighted by atomic mass is 9.94. The van der Waals surface area contributed by atoms with Gasteiger partial charge in [-0.1, -0.05) is 32.8 Å². The summed E-state index contributed by atoms with van der Waals surface area (Å²) < 4.78 is 27.2. The smallest absolute Gasteiger partial charge is 0.203 e. The normalized spacial score (nSPS) is 13.3. The van der Waals surface area contributed by atoms with Crippen LogP contribution in [0.15, 0.2) is 18.2 Å². The number of methoxy groups -OCH3 is 4. The first-order chi connectivity index (χ1) is 14.5. The van der Waals surface area contributed by atoms with E-state index >= 15 is 0 Å². The van der Waals surface area contributed by atoms with Crippen LogP contribution in [-0.2, 0) is 9.47 Å². The van der Waals surface area contributed by atoms with Crippen molar-refractivity contribution in [1.82, 2.24) is 4.90 Å². The van der Waals surface area contributed by atoms with Crippen LogP contribution in [0, 0.1) is 11.8 Å². The Labute approximate surface area is 183 Å². The van der Waals surface area contributed by atoms with Crippen molar-refractivity contribution in [3.8, 4) is 17.2 Å². The molecule has 0 fully saturated rings. The molecular formula is C24H43NO5. The maximum atomic E-state index is 6.00. The van der Waals surface area contributed by atoms with E-state index in [0.29, 0.717) is 35.7 Å². The van der Waals surface area contributed by atoms with E-state index in [9.17, 15) is 0 Å². The molecule has 0 aliphatic carbocycles. The summed E-state index contributed by atoms with van der Waals surface area (Å²) in [7, 11) is 6.81. The maximum Gasteiger partial charge on any atom is 0.203 e. The largest absolute Gasteiger partial charge is 0.493 e. The molecule has 0 bridgehead atoms. The highest BCUT2D eigenvalue weighted by Gasteiger charge is 2.13. The third-order valence-corrected chi connectivity index (χ3v) is 5.55. The van der Waals surface area contributed by atoms with E-state index in [2.05, 4.69) is 18.7 Å². The quantitative estimate of drug-likeness (QED) is 0.345. The summed E-state index contributed by atoms with van der Waals surface area (Å²) in [6.45, 7) is 9.89. The van der Waals surface area contributed by atoms with Crippen LogP contribution in [-0.4, -0.2) is 72.8 Å². The molecular weight excluding hydrogens is 382 g/mol. The van der Waals surface area contributed by atoms with E-state index in [4.69, 9.17) is 23.7 Å². The molecule has 0 saturated carbocycles. The first kappa shape index (κ1) is 26.5. The predicted octanol–water partition coefficient (Wildman–Crippen LogP) is 4.51. The van der Waals surface area contributed by atoms with Gasteiger partial charge in [-0.15, -0.1) is 0 Å². The fourth-order valence-electron chi connectivity index (χ4n) is 3.36. The van der Waals surface area contributed by atoms with Crippen LogP contribution in [0.2, 0.25) is 0 Å². The second-order valence-corrected chi connectivity index (χ2v) is 8.03. The highest BCUT2D eigenvalue weighted by molar-refractivity contribution is 5.51. The summed E-state index contributed by atoms with van der Waals surface area (Å²) in [5.74, 6) is 3.43. The van der Waals surface area contributed by atoms with E-state index in [-0.39, 0.29) is 0 Å². The number of para-hydroxylation sites is 1. The molecule has 0 heterocycles. The van der Waals surface area contributed by atoms with E-state index in [1.54, 1.807) is 28.4 Å². The zero-order chi connectivity index (χ0) is 22.2. The van der Waals surface area contributed by atoms with E-state index in [1.165, 1.54) is 19.3 Å². The SMILES string of the molecule is COCCN(CCOC)CCC(C)CCC(C)CCOc1c(OC)cccc1OC. The van der Waals surface area contributed by atoms with Crippen LogP contribution in [0.5, 0.6) is 17.2 Å². The van der Waals surface area contributed by atoms with Crippen LogP contribution in [0.4, 0.5) is 0 Å². The molecule has 1 rings (SSSR count). The molecule has 0 amide bonds. The number of hydrogen-bond donors (Lipinski definition) is 0. The molecule has 0 aliphatic heterocycles. The second-order valence-electron chi connectivity index (χ2n) is 8.03. The molecule has 1 aromatic carbocycles. The minimum atomic E-state index is 0.617. The van der Waals surface area contributed by atoms with Crippen molar-refractivity contribution in [1.29, 1.82) is 0 Å². The lowest BCUT2D eigenvalue weighted by Gasteiger charge is -2.24. The van der Waals surface area contributed by atoms with Gasteiger partial charge < -0.3 is 23.7 Å². The van der Waals surface area contributed by atoms with Gasteiger partial charge in [-0.2, -0.15) is 0 Å². The zero-order valence-corrected chi connectivity index (χ0v) is 19.9. The van der Waals surface area contributed by atoms with Gasteiger partial charge in [-0.05, 0) is 43.4 Å². The first-order valence-corrected chi connectivity index (χ1v) is 11.1. The fraction of sp³-hybridized carbons (Fsp3) is 0.750. The summed E-state index contributed by atoms with van der Waals surface area (Å²) in [6, 6.07) is 5.69. The molecule has 1 aromatic rings. The van der Waals surface area contributed by atoms with E-state index < -0.39 is 0 Å². The Hall–Kier alpha value is -1.50. The summed E-state index contributed by atoms with van der Waals surface area (Å²) in [4.78, 5) is 2.43. The molecule has 0 radical (unpaired) electrons. The third-order valence-electron chi connectivity index (χ3n) is 5.55. The van der Waals surface area contributed by atoms with Crippen molar-refractivity contribution < 1.29 is 23.7 Å². The van der Waals surface area contributed by atoms with Gasteiger partial charge in [0.1, 0.15) is 0 Å². The number of ether oxygens (including phenoxy) is 5. The summed E-state index contributed by atoms with van der Waals surface area (Å²) in [6.07, 6.45) is 4.67. The summed E-state index contributed by atoms with van der Waals surface area (Å²) >= 11 is 0. The number of hydrogen-bond acceptors (Lipinski definition) is 6. The van der Waals surface area contributed by atoms with Crippen molar-refractivity contribution in [2.75, 3.05) is 67.9 Å². The average molecular weight is 426 g/mol. The van der Waals surface area contributed by atoms with Gasteiger partial charge in [-0.3, -0.25) is 4.90 Å². The molecule has 174 valence electrons. The van der Waals surface area contributed by atoms with E-state index in [1.807, 2.05) is 18.2 Å². The third kappa shape index (κ3) is 10.5. The molecule has 30 heavy (non-hydrogen) atoms. The molecule has 2 unspecified atom stereocenters. The minimum Gasteiger partial charge on any atom is -0.493 e. The Morgan fingerprint density at radius 2 is 1.23 bits per heavy atom. The Morgan fingerprint density at radius 1 is 0.700 bits per heavy atom. The Kier molecular flexibility index (Phi) is 14.4.